The predicted molar refractivity (Wildman–Crippen MR) is 188 cm³/mol. The first-order chi connectivity index (χ1) is 24.2. The summed E-state index contributed by atoms with van der Waals surface area (Å²) in [5, 5.41) is 15.3. The highest BCUT2D eigenvalue weighted by atomic mass is 16.7. The summed E-state index contributed by atoms with van der Waals surface area (Å²) in [5.41, 5.74) is 11.8. The predicted octanol–water partition coefficient (Wildman–Crippen LogP) is 7.41. The minimum absolute atomic E-state index is 0.104. The highest BCUT2D eigenvalue weighted by molar-refractivity contribution is 5.14. The Hall–Kier alpha value is -2.57. The van der Waals surface area contributed by atoms with Crippen LogP contribution in [-0.4, -0.2) is 73.2 Å². The molecule has 0 spiro atoms. The molecule has 15 atom stereocenters. The van der Waals surface area contributed by atoms with Gasteiger partial charge in [-0.15, -0.1) is 0 Å². The van der Waals surface area contributed by atoms with Gasteiger partial charge in [-0.05, 0) is 47.3 Å². The summed E-state index contributed by atoms with van der Waals surface area (Å²) < 4.78 is 45.6. The second-order valence-corrected chi connectivity index (χ2v) is 14.4. The molecule has 0 aromatic heterocycles. The zero-order valence-corrected chi connectivity index (χ0v) is 30.6. The van der Waals surface area contributed by atoms with E-state index in [-0.39, 0.29) is 36.8 Å². The minimum Gasteiger partial charge on any atom is -0.374 e. The maximum Gasteiger partial charge on any atom is 0.167 e. The van der Waals surface area contributed by atoms with Gasteiger partial charge < -0.3 is 38.3 Å². The molecule has 276 valence electrons. The van der Waals surface area contributed by atoms with Crippen molar-refractivity contribution in [3.05, 3.63) is 82.2 Å². The second-order valence-electron chi connectivity index (χ2n) is 14.4. The summed E-state index contributed by atoms with van der Waals surface area (Å²) in [6.45, 7) is 15.6. The van der Waals surface area contributed by atoms with Gasteiger partial charge in [0.05, 0.1) is 50.3 Å². The van der Waals surface area contributed by atoms with Crippen LogP contribution in [0.5, 0.6) is 0 Å². The number of nitrogens with zero attached hydrogens (tertiary/aromatic N) is 3. The Labute approximate surface area is 297 Å². The molecular formula is C39H57N3O8. The molecule has 0 aliphatic carbocycles. The number of hydrogen-bond donors (Lipinski definition) is 1. The topological polar surface area (TPSA) is 134 Å². The maximum atomic E-state index is 11.1. The van der Waals surface area contributed by atoms with Gasteiger partial charge in [-0.1, -0.05) is 114 Å². The Bertz CT molecular complexity index is 1350. The standard InChI is InChI=1S/C39H57N3O8/c1-8-30-24(4)23(3)25(5)38(47-30)49-34-26(6)33(41-42-40)39(48-31(34)9-2)50-36-32(22-44-20-28-16-12-10-13-17-28)46-37(43)27(7)35(36)45-21-29-18-14-11-15-19-29/h10-19,23-27,30-39,43H,8-9,20-22H2,1-7H3/t23-,24-,25?,26+,27?,30?,31?,32?,33?,34-,35-,36+,37?,38-,39-/m0/s1. The fourth-order valence-electron chi connectivity index (χ4n) is 7.64. The number of azide groups is 1. The molecule has 11 nitrogen and oxygen atoms in total. The second kappa shape index (κ2) is 18.3. The van der Waals surface area contributed by atoms with Crippen LogP contribution in [-0.2, 0) is 46.4 Å². The van der Waals surface area contributed by atoms with Crippen molar-refractivity contribution >= 4 is 0 Å². The molecule has 0 radical (unpaired) electrons. The van der Waals surface area contributed by atoms with Gasteiger partial charge in [0, 0.05) is 16.7 Å². The van der Waals surface area contributed by atoms with Gasteiger partial charge in [-0.3, -0.25) is 0 Å². The minimum atomic E-state index is -1.10. The first-order valence-electron chi connectivity index (χ1n) is 18.4. The van der Waals surface area contributed by atoms with Gasteiger partial charge in [-0.2, -0.15) is 0 Å². The lowest BCUT2D eigenvalue weighted by Gasteiger charge is -2.50. The molecule has 0 amide bonds. The van der Waals surface area contributed by atoms with E-state index in [1.807, 2.05) is 74.5 Å². The highest BCUT2D eigenvalue weighted by Gasteiger charge is 2.51. The first kappa shape index (κ1) is 38.7. The third-order valence-corrected chi connectivity index (χ3v) is 11.2. The molecule has 50 heavy (non-hydrogen) atoms. The summed E-state index contributed by atoms with van der Waals surface area (Å²) in [6, 6.07) is 19.0. The van der Waals surface area contributed by atoms with Gasteiger partial charge in [0.25, 0.3) is 0 Å². The van der Waals surface area contributed by atoms with E-state index < -0.39 is 49.1 Å². The van der Waals surface area contributed by atoms with Crippen molar-refractivity contribution in [2.24, 2.45) is 34.7 Å². The normalized spacial score (nSPS) is 39.1. The molecule has 11 heteroatoms. The maximum absolute atomic E-state index is 11.1. The number of rotatable bonds is 14. The molecule has 0 bridgehead atoms. The van der Waals surface area contributed by atoms with Crippen LogP contribution in [0.15, 0.2) is 65.8 Å². The zero-order chi connectivity index (χ0) is 35.8. The lowest BCUT2D eigenvalue weighted by Crippen LogP contribution is -2.62. The summed E-state index contributed by atoms with van der Waals surface area (Å²) in [4.78, 5) is 3.22. The molecule has 3 aliphatic rings. The third-order valence-electron chi connectivity index (χ3n) is 11.2. The molecule has 3 fully saturated rings. The van der Waals surface area contributed by atoms with E-state index in [0.717, 1.165) is 17.5 Å². The van der Waals surface area contributed by atoms with Crippen molar-refractivity contribution < 1.29 is 38.3 Å². The highest BCUT2D eigenvalue weighted by Crippen LogP contribution is 2.41. The van der Waals surface area contributed by atoms with Gasteiger partial charge in [0.1, 0.15) is 12.2 Å². The summed E-state index contributed by atoms with van der Waals surface area (Å²) in [6.07, 6.45) is -3.52. The molecule has 3 aliphatic heterocycles. The molecule has 7 unspecified atom stereocenters. The quantitative estimate of drug-likeness (QED) is 0.123. The summed E-state index contributed by atoms with van der Waals surface area (Å²) in [5.74, 6) is 0.317. The Balaban J connectivity index is 1.38. The van der Waals surface area contributed by atoms with Crippen molar-refractivity contribution in [1.29, 1.82) is 0 Å². The van der Waals surface area contributed by atoms with Gasteiger partial charge in [0.15, 0.2) is 18.9 Å². The van der Waals surface area contributed by atoms with Crippen molar-refractivity contribution in [3.8, 4) is 0 Å². The molecule has 1 N–H and O–H groups in total. The van der Waals surface area contributed by atoms with Crippen LogP contribution in [0.25, 0.3) is 10.4 Å². The average molecular weight is 696 g/mol. The average Bonchev–Trinajstić information content (AvgIpc) is 3.13. The Kier molecular flexibility index (Phi) is 14.1. The molecule has 3 saturated heterocycles. The van der Waals surface area contributed by atoms with Crippen molar-refractivity contribution in [3.63, 3.8) is 0 Å². The van der Waals surface area contributed by atoms with Crippen molar-refractivity contribution in [1.82, 2.24) is 0 Å². The summed E-state index contributed by atoms with van der Waals surface area (Å²) in [7, 11) is 0. The molecule has 5 rings (SSSR count). The number of aliphatic hydroxyl groups excluding tert-OH is 1. The molecule has 2 aromatic rings. The Morgan fingerprint density at radius 2 is 1.26 bits per heavy atom. The zero-order valence-electron chi connectivity index (χ0n) is 30.6. The van der Waals surface area contributed by atoms with E-state index in [0.29, 0.717) is 31.5 Å². The van der Waals surface area contributed by atoms with Crippen LogP contribution in [0.1, 0.15) is 72.4 Å². The van der Waals surface area contributed by atoms with Crippen molar-refractivity contribution in [2.75, 3.05) is 6.61 Å². The van der Waals surface area contributed by atoms with Gasteiger partial charge >= 0.3 is 0 Å². The van der Waals surface area contributed by atoms with E-state index >= 15 is 0 Å². The van der Waals surface area contributed by atoms with Crippen LogP contribution in [0.4, 0.5) is 0 Å². The molecule has 2 aromatic carbocycles. The Morgan fingerprint density at radius 3 is 1.88 bits per heavy atom. The van der Waals surface area contributed by atoms with Crippen molar-refractivity contribution in [2.45, 2.75) is 136 Å². The van der Waals surface area contributed by atoms with Crippen LogP contribution in [0.2, 0.25) is 0 Å². The first-order valence-corrected chi connectivity index (χ1v) is 18.4. The lowest BCUT2D eigenvalue weighted by molar-refractivity contribution is -0.347. The monoisotopic (exact) mass is 695 g/mol. The van der Waals surface area contributed by atoms with Gasteiger partial charge in [-0.25, -0.2) is 0 Å². The van der Waals surface area contributed by atoms with Crippen LogP contribution >= 0.6 is 0 Å². The van der Waals surface area contributed by atoms with E-state index in [9.17, 15) is 10.6 Å². The Morgan fingerprint density at radius 1 is 0.660 bits per heavy atom. The van der Waals surface area contributed by atoms with E-state index in [1.165, 1.54) is 0 Å². The number of ether oxygens (including phenoxy) is 7. The molecule has 0 saturated carbocycles. The lowest BCUT2D eigenvalue weighted by atomic mass is 9.78. The van der Waals surface area contributed by atoms with Crippen LogP contribution in [0.3, 0.4) is 0 Å². The summed E-state index contributed by atoms with van der Waals surface area (Å²) >= 11 is 0. The van der Waals surface area contributed by atoms with Gasteiger partial charge in [0.2, 0.25) is 0 Å². The fraction of sp³-hybridized carbons (Fsp3) is 0.692. The van der Waals surface area contributed by atoms with E-state index in [2.05, 4.69) is 44.6 Å². The van der Waals surface area contributed by atoms with E-state index in [4.69, 9.17) is 33.2 Å². The molecular weight excluding hydrogens is 638 g/mol. The SMILES string of the molecule is CCC1O[C@@H](O[C@@H]2C(CC)O[C@@H](O[C@@H]3C(COCc4ccccc4)OC(O)C(C)[C@@H]3OCc3ccccc3)C(N=[N+]=[N-])[C@H]2C)C(C)[C@@H](C)[C@@H]1C. The van der Waals surface area contributed by atoms with Crippen LogP contribution < -0.4 is 0 Å². The number of hydrogen-bond acceptors (Lipinski definition) is 9. The van der Waals surface area contributed by atoms with Crippen LogP contribution in [0, 0.1) is 29.6 Å². The third kappa shape index (κ3) is 9.07. The number of aliphatic hydroxyl groups is 1. The van der Waals surface area contributed by atoms with E-state index in [1.54, 1.807) is 0 Å². The number of benzene rings is 2. The fourth-order valence-corrected chi connectivity index (χ4v) is 7.64. The smallest absolute Gasteiger partial charge is 0.167 e. The largest absolute Gasteiger partial charge is 0.374 e. The molecule has 3 heterocycles.